The number of unbranched alkanes of at least 4 members (excludes halogenated alkanes) is 4. The lowest BCUT2D eigenvalue weighted by Crippen LogP contribution is -2.05. The molecule has 0 amide bonds. The molecule has 0 saturated carbocycles. The van der Waals surface area contributed by atoms with Crippen LogP contribution in [0.4, 0.5) is 4.39 Å². The third-order valence-electron chi connectivity index (χ3n) is 4.34. The fraction of sp³-hybridized carbons (Fsp3) is 0.609. The van der Waals surface area contributed by atoms with E-state index in [1.165, 1.54) is 12.5 Å². The summed E-state index contributed by atoms with van der Waals surface area (Å²) in [6.45, 7) is 9.67. The van der Waals surface area contributed by atoms with Crippen molar-refractivity contribution in [2.75, 3.05) is 19.8 Å². The first kappa shape index (κ1) is 25.5. The average molecular weight is 472 g/mol. The van der Waals surface area contributed by atoms with Gasteiger partial charge in [-0.3, -0.25) is 0 Å². The molecule has 1 aromatic carbocycles. The summed E-state index contributed by atoms with van der Waals surface area (Å²) in [5.41, 5.74) is 3.21. The van der Waals surface area contributed by atoms with E-state index in [4.69, 9.17) is 14.3 Å². The van der Waals surface area contributed by atoms with E-state index in [1.54, 1.807) is 0 Å². The second kappa shape index (κ2) is 15.3. The number of benzene rings is 1. The third-order valence-corrected chi connectivity index (χ3v) is 4.66. The topological polar surface area (TPSA) is 40.0 Å². The summed E-state index contributed by atoms with van der Waals surface area (Å²) in [6.07, 6.45) is 8.61. The van der Waals surface area contributed by atoms with Gasteiger partial charge in [0.05, 0.1) is 12.3 Å². The summed E-state index contributed by atoms with van der Waals surface area (Å²) in [5.74, 6) is 1.73. The molecule has 0 radical (unpaired) electrons. The molecule has 0 atom stereocenters. The molecule has 0 saturated heterocycles. The van der Waals surface area contributed by atoms with E-state index in [1.807, 2.05) is 26.0 Å². The van der Waals surface area contributed by atoms with Crippen LogP contribution in [0.15, 0.2) is 28.1 Å². The maximum Gasteiger partial charge on any atom is 0.165 e. The van der Waals surface area contributed by atoms with E-state index in [0.29, 0.717) is 13.2 Å². The molecule has 0 bridgehead atoms. The Bertz CT molecular complexity index is 629. The molecular formula is C23H35BrFNO3. The van der Waals surface area contributed by atoms with E-state index in [2.05, 4.69) is 34.9 Å². The van der Waals surface area contributed by atoms with Gasteiger partial charge in [0, 0.05) is 0 Å². The normalized spacial score (nSPS) is 11.3. The van der Waals surface area contributed by atoms with Crippen LogP contribution in [-0.4, -0.2) is 25.5 Å². The van der Waals surface area contributed by atoms with E-state index in [-0.39, 0.29) is 6.61 Å². The number of hydrogen-bond acceptors (Lipinski definition) is 4. The number of hydrogen-bond donors (Lipinski definition) is 0. The summed E-state index contributed by atoms with van der Waals surface area (Å²) in [7, 11) is 0. The first-order valence-corrected chi connectivity index (χ1v) is 11.3. The van der Waals surface area contributed by atoms with Crippen LogP contribution in [0, 0.1) is 0 Å². The van der Waals surface area contributed by atoms with Gasteiger partial charge in [-0.05, 0) is 91.2 Å². The van der Waals surface area contributed by atoms with Crippen LogP contribution in [0.3, 0.4) is 0 Å². The summed E-state index contributed by atoms with van der Waals surface area (Å²) >= 11 is 2.77. The molecule has 0 fully saturated rings. The number of aryl methyl sites for hydroxylation is 2. The molecule has 0 heterocycles. The molecule has 0 N–H and O–H groups in total. The third kappa shape index (κ3) is 11.3. The molecule has 1 rings (SSSR count). The predicted molar refractivity (Wildman–Crippen MR) is 122 cm³/mol. The molecule has 4 nitrogen and oxygen atoms in total. The quantitative estimate of drug-likeness (QED) is 0.155. The summed E-state index contributed by atoms with van der Waals surface area (Å²) in [5, 5.41) is 3.93. The van der Waals surface area contributed by atoms with Gasteiger partial charge in [0.25, 0.3) is 0 Å². The van der Waals surface area contributed by atoms with Gasteiger partial charge in [-0.15, -0.1) is 0 Å². The summed E-state index contributed by atoms with van der Waals surface area (Å²) in [4.78, 5) is 5.21. The minimum absolute atomic E-state index is 0.193. The number of rotatable bonds is 15. The lowest BCUT2D eigenvalue weighted by atomic mass is 10.0. The highest BCUT2D eigenvalue weighted by Crippen LogP contribution is 2.31. The zero-order valence-electron chi connectivity index (χ0n) is 18.2. The Balaban J connectivity index is 2.42. The minimum Gasteiger partial charge on any atom is -0.493 e. The number of oxime groups is 1. The molecule has 1 aromatic rings. The van der Waals surface area contributed by atoms with Crippen LogP contribution in [0.25, 0.3) is 0 Å². The maximum atomic E-state index is 12.8. The lowest BCUT2D eigenvalue weighted by molar-refractivity contribution is 0.139. The zero-order valence-corrected chi connectivity index (χ0v) is 19.8. The van der Waals surface area contributed by atoms with E-state index in [9.17, 15) is 4.39 Å². The van der Waals surface area contributed by atoms with Crippen molar-refractivity contribution >= 4 is 21.6 Å². The Morgan fingerprint density at radius 1 is 0.966 bits per heavy atom. The van der Waals surface area contributed by atoms with Crippen molar-refractivity contribution in [1.29, 1.82) is 0 Å². The van der Waals surface area contributed by atoms with Gasteiger partial charge in [0.2, 0.25) is 0 Å². The van der Waals surface area contributed by atoms with Gasteiger partial charge >= 0.3 is 0 Å². The van der Waals surface area contributed by atoms with Gasteiger partial charge in [0.15, 0.2) is 4.74 Å². The number of halogens is 2. The predicted octanol–water partition coefficient (Wildman–Crippen LogP) is 7.14. The molecule has 0 unspecified atom stereocenters. The van der Waals surface area contributed by atoms with Gasteiger partial charge in [-0.2, -0.15) is 4.39 Å². The zero-order chi connectivity index (χ0) is 21.5. The van der Waals surface area contributed by atoms with Crippen LogP contribution in [0.1, 0.15) is 70.9 Å². The van der Waals surface area contributed by atoms with Crippen LogP contribution in [0.2, 0.25) is 0 Å². The Hall–Kier alpha value is -1.56. The highest BCUT2D eigenvalue weighted by atomic mass is 79.9. The van der Waals surface area contributed by atoms with Gasteiger partial charge in [-0.25, -0.2) is 0 Å². The smallest absolute Gasteiger partial charge is 0.165 e. The lowest BCUT2D eigenvalue weighted by Gasteiger charge is -2.17. The van der Waals surface area contributed by atoms with E-state index >= 15 is 0 Å². The molecule has 164 valence electrons. The van der Waals surface area contributed by atoms with E-state index < -0.39 is 4.74 Å². The Morgan fingerprint density at radius 3 is 2.10 bits per heavy atom. The second-order valence-corrected chi connectivity index (χ2v) is 7.83. The minimum atomic E-state index is -0.416. The molecule has 0 aliphatic rings. The SMILES string of the molecule is CCc1cc(OC/C=C(\F)Br)cc(CC)c1OCCCCCCCON=C(C)C. The van der Waals surface area contributed by atoms with Crippen LogP contribution in [-0.2, 0) is 17.7 Å². The van der Waals surface area contributed by atoms with Gasteiger partial charge < -0.3 is 14.3 Å². The molecular weight excluding hydrogens is 437 g/mol. The Kier molecular flexibility index (Phi) is 13.4. The van der Waals surface area contributed by atoms with Crippen LogP contribution < -0.4 is 9.47 Å². The number of ether oxygens (including phenoxy) is 2. The van der Waals surface area contributed by atoms with Crippen molar-refractivity contribution in [3.63, 3.8) is 0 Å². The van der Waals surface area contributed by atoms with Crippen molar-refractivity contribution in [2.45, 2.75) is 72.6 Å². The molecule has 0 aromatic heterocycles. The van der Waals surface area contributed by atoms with Crippen LogP contribution >= 0.6 is 15.9 Å². The standard InChI is InChI=1S/C23H35BrFNO3/c1-5-19-16-21(27-15-12-22(24)25)17-20(6-2)23(19)28-13-10-8-7-9-11-14-29-26-18(3)4/h12,16-17H,5-11,13-15H2,1-4H3/b22-12-. The summed E-state index contributed by atoms with van der Waals surface area (Å²) in [6, 6.07) is 3.99. The number of nitrogens with zero attached hydrogens (tertiary/aromatic N) is 1. The largest absolute Gasteiger partial charge is 0.493 e. The highest BCUT2D eigenvalue weighted by molar-refractivity contribution is 9.11. The fourth-order valence-corrected chi connectivity index (χ4v) is 3.00. The molecule has 6 heteroatoms. The molecule has 0 aliphatic heterocycles. The Labute approximate surface area is 183 Å². The van der Waals surface area contributed by atoms with Crippen molar-refractivity contribution in [3.8, 4) is 11.5 Å². The van der Waals surface area contributed by atoms with Gasteiger partial charge in [-0.1, -0.05) is 31.8 Å². The Morgan fingerprint density at radius 2 is 1.55 bits per heavy atom. The van der Waals surface area contributed by atoms with Gasteiger partial charge in [0.1, 0.15) is 24.7 Å². The summed E-state index contributed by atoms with van der Waals surface area (Å²) < 4.78 is 24.1. The molecule has 0 spiro atoms. The average Bonchev–Trinajstić information content (AvgIpc) is 2.68. The fourth-order valence-electron chi connectivity index (χ4n) is 2.87. The van der Waals surface area contributed by atoms with Crippen molar-refractivity contribution in [3.05, 3.63) is 34.1 Å². The van der Waals surface area contributed by atoms with E-state index in [0.717, 1.165) is 66.9 Å². The van der Waals surface area contributed by atoms with Crippen LogP contribution in [0.5, 0.6) is 11.5 Å². The molecule has 0 aliphatic carbocycles. The second-order valence-electron chi connectivity index (χ2n) is 7.07. The first-order chi connectivity index (χ1) is 14.0. The van der Waals surface area contributed by atoms with Crippen molar-refractivity contribution < 1.29 is 18.7 Å². The van der Waals surface area contributed by atoms with Crippen molar-refractivity contribution in [1.82, 2.24) is 0 Å². The monoisotopic (exact) mass is 471 g/mol. The molecule has 29 heavy (non-hydrogen) atoms. The van der Waals surface area contributed by atoms with Crippen molar-refractivity contribution in [2.24, 2.45) is 5.16 Å². The maximum absolute atomic E-state index is 12.8. The first-order valence-electron chi connectivity index (χ1n) is 10.5. The highest BCUT2D eigenvalue weighted by Gasteiger charge is 2.11.